The molecule has 0 saturated heterocycles. The number of nitrogens with two attached hydrogens (primary N) is 1. The number of rotatable bonds is 2. The highest BCUT2D eigenvalue weighted by atomic mass is 35.5. The van der Waals surface area contributed by atoms with Gasteiger partial charge in [0.2, 0.25) is 0 Å². The number of benzene rings is 2. The molecule has 0 aliphatic carbocycles. The van der Waals surface area contributed by atoms with Crippen molar-refractivity contribution in [1.29, 1.82) is 5.26 Å². The van der Waals surface area contributed by atoms with Gasteiger partial charge in [-0.25, -0.2) is 0 Å². The zero-order valence-corrected chi connectivity index (χ0v) is 12.8. The Labute approximate surface area is 139 Å². The van der Waals surface area contributed by atoms with E-state index >= 15 is 0 Å². The van der Waals surface area contributed by atoms with E-state index in [2.05, 4.69) is 0 Å². The molecule has 0 bridgehead atoms. The molecule has 0 saturated carbocycles. The quantitative estimate of drug-likeness (QED) is 0.823. The molecule has 1 amide bonds. The largest absolute Gasteiger partial charge is 0.457 e. The predicted molar refractivity (Wildman–Crippen MR) is 85.9 cm³/mol. The Morgan fingerprint density at radius 1 is 1.26 bits per heavy atom. The van der Waals surface area contributed by atoms with Crippen molar-refractivity contribution < 1.29 is 14.7 Å². The highest BCUT2D eigenvalue weighted by Gasteiger charge is 2.29. The Balaban J connectivity index is 0.00000192. The first-order valence-electron chi connectivity index (χ1n) is 6.68. The Morgan fingerprint density at radius 2 is 2.00 bits per heavy atom. The van der Waals surface area contributed by atoms with Crippen LogP contribution >= 0.6 is 12.4 Å². The maximum Gasteiger partial charge on any atom is 0.267 e. The smallest absolute Gasteiger partial charge is 0.267 e. The fourth-order valence-corrected chi connectivity index (χ4v) is 2.36. The molecule has 3 N–H and O–H groups in total. The Bertz CT molecular complexity index is 788. The number of carbonyl (C=O) groups excluding carboxylic acids is 1. The number of nitrogens with zero attached hydrogens (tertiary/aromatic N) is 2. The molecule has 0 radical (unpaired) electrons. The van der Waals surface area contributed by atoms with Crippen molar-refractivity contribution in [2.45, 2.75) is 12.5 Å². The molecule has 2 aromatic rings. The number of halogens is 1. The number of hydrogen-bond donors (Lipinski definition) is 2. The molecule has 118 valence electrons. The van der Waals surface area contributed by atoms with Gasteiger partial charge in [0.15, 0.2) is 0 Å². The van der Waals surface area contributed by atoms with Crippen LogP contribution in [0.15, 0.2) is 42.5 Å². The van der Waals surface area contributed by atoms with Gasteiger partial charge in [0.25, 0.3) is 5.91 Å². The summed E-state index contributed by atoms with van der Waals surface area (Å²) >= 11 is 0. The number of amides is 1. The number of anilines is 1. The van der Waals surface area contributed by atoms with Gasteiger partial charge in [-0.1, -0.05) is 6.07 Å². The summed E-state index contributed by atoms with van der Waals surface area (Å²) in [6, 6.07) is 13.0. The molecular weight excluding hydrogens is 318 g/mol. The third kappa shape index (κ3) is 3.27. The molecule has 2 aromatic carbocycles. The topological polar surface area (TPSA) is 99.6 Å². The maximum atomic E-state index is 11.6. The van der Waals surface area contributed by atoms with Gasteiger partial charge in [-0.05, 0) is 48.4 Å². The second-order valence-corrected chi connectivity index (χ2v) is 4.99. The van der Waals surface area contributed by atoms with E-state index in [1.54, 1.807) is 42.5 Å². The molecular formula is C16H14ClN3O3. The van der Waals surface area contributed by atoms with E-state index in [0.717, 1.165) is 5.56 Å². The van der Waals surface area contributed by atoms with Crippen molar-refractivity contribution in [3.63, 3.8) is 0 Å². The fourth-order valence-electron chi connectivity index (χ4n) is 2.36. The number of ether oxygens (including phenoxy) is 1. The molecule has 0 unspecified atom stereocenters. The number of hydrogen-bond acceptors (Lipinski definition) is 5. The van der Waals surface area contributed by atoms with Crippen molar-refractivity contribution in [3.8, 4) is 17.6 Å². The van der Waals surface area contributed by atoms with Gasteiger partial charge >= 0.3 is 0 Å². The van der Waals surface area contributed by atoms with Gasteiger partial charge in [0.05, 0.1) is 23.4 Å². The van der Waals surface area contributed by atoms with Crippen LogP contribution in [0.2, 0.25) is 0 Å². The minimum Gasteiger partial charge on any atom is -0.457 e. The highest BCUT2D eigenvalue weighted by Crippen LogP contribution is 2.31. The monoisotopic (exact) mass is 331 g/mol. The predicted octanol–water partition coefficient (Wildman–Crippen LogP) is 2.38. The lowest BCUT2D eigenvalue weighted by atomic mass is 9.99. The molecule has 1 aliphatic rings. The fraction of sp³-hybridized carbons (Fsp3) is 0.125. The molecule has 0 spiro atoms. The second kappa shape index (κ2) is 6.67. The number of carbonyl (C=O) groups is 1. The molecule has 1 heterocycles. The standard InChI is InChI=1S/C16H13N3O3.ClH/c17-9-10-2-1-3-12(6-10)22-13-4-5-15-11(7-13)8-14(18)16(20)19(15)21;/h1-7,14,21H,8,18H2;1H/t14-;/m0./s1. The molecule has 0 fully saturated rings. The van der Waals surface area contributed by atoms with Crippen LogP contribution in [-0.4, -0.2) is 17.2 Å². The maximum absolute atomic E-state index is 11.6. The molecule has 7 heteroatoms. The first-order chi connectivity index (χ1) is 10.6. The third-order valence-corrected chi connectivity index (χ3v) is 3.44. The van der Waals surface area contributed by atoms with Crippen LogP contribution in [0.3, 0.4) is 0 Å². The average molecular weight is 332 g/mol. The van der Waals surface area contributed by atoms with Crippen LogP contribution in [0, 0.1) is 11.3 Å². The van der Waals surface area contributed by atoms with Crippen molar-refractivity contribution in [3.05, 3.63) is 53.6 Å². The summed E-state index contributed by atoms with van der Waals surface area (Å²) in [6.45, 7) is 0. The summed E-state index contributed by atoms with van der Waals surface area (Å²) in [4.78, 5) is 11.6. The van der Waals surface area contributed by atoms with Crippen LogP contribution in [-0.2, 0) is 11.2 Å². The van der Waals surface area contributed by atoms with Crippen LogP contribution in [0.1, 0.15) is 11.1 Å². The van der Waals surface area contributed by atoms with E-state index in [9.17, 15) is 10.0 Å². The second-order valence-electron chi connectivity index (χ2n) is 4.99. The van der Waals surface area contributed by atoms with Crippen LogP contribution < -0.4 is 15.5 Å². The van der Waals surface area contributed by atoms with Crippen molar-refractivity contribution >= 4 is 24.0 Å². The minimum atomic E-state index is -0.769. The minimum absolute atomic E-state index is 0. The van der Waals surface area contributed by atoms with Crippen molar-refractivity contribution in [2.75, 3.05) is 5.06 Å². The Hall–Kier alpha value is -2.59. The van der Waals surface area contributed by atoms with Gasteiger partial charge in [0, 0.05) is 0 Å². The van der Waals surface area contributed by atoms with E-state index in [1.165, 1.54) is 0 Å². The molecule has 1 atom stereocenters. The lowest BCUT2D eigenvalue weighted by Crippen LogP contribution is -2.47. The first-order valence-corrected chi connectivity index (χ1v) is 6.68. The van der Waals surface area contributed by atoms with Crippen LogP contribution in [0.5, 0.6) is 11.5 Å². The number of nitriles is 1. The summed E-state index contributed by atoms with van der Waals surface area (Å²) in [5.41, 5.74) is 7.33. The zero-order valence-electron chi connectivity index (χ0n) is 12.0. The van der Waals surface area contributed by atoms with Crippen molar-refractivity contribution in [1.82, 2.24) is 0 Å². The third-order valence-electron chi connectivity index (χ3n) is 3.44. The van der Waals surface area contributed by atoms with E-state index in [1.807, 2.05) is 6.07 Å². The van der Waals surface area contributed by atoms with Gasteiger partial charge in [-0.3, -0.25) is 10.0 Å². The van der Waals surface area contributed by atoms with Gasteiger partial charge in [0.1, 0.15) is 11.5 Å². The molecule has 3 rings (SSSR count). The van der Waals surface area contributed by atoms with E-state index in [-0.39, 0.29) is 12.4 Å². The van der Waals surface area contributed by atoms with E-state index < -0.39 is 11.9 Å². The SMILES string of the molecule is Cl.N#Cc1cccc(Oc2ccc3c(c2)C[C@H](N)C(=O)N3O)c1. The first kappa shape index (κ1) is 16.8. The van der Waals surface area contributed by atoms with Gasteiger partial charge < -0.3 is 10.5 Å². The number of hydroxylamine groups is 1. The summed E-state index contributed by atoms with van der Waals surface area (Å²) in [6.07, 6.45) is 0.334. The molecule has 1 aliphatic heterocycles. The summed E-state index contributed by atoms with van der Waals surface area (Å²) in [5.74, 6) is 0.558. The molecule has 6 nitrogen and oxygen atoms in total. The van der Waals surface area contributed by atoms with E-state index in [4.69, 9.17) is 15.7 Å². The Kier molecular flexibility index (Phi) is 4.86. The average Bonchev–Trinajstić information content (AvgIpc) is 2.53. The summed E-state index contributed by atoms with van der Waals surface area (Å²) < 4.78 is 5.71. The summed E-state index contributed by atoms with van der Waals surface area (Å²) in [7, 11) is 0. The van der Waals surface area contributed by atoms with Crippen LogP contribution in [0.4, 0.5) is 5.69 Å². The zero-order chi connectivity index (χ0) is 15.7. The van der Waals surface area contributed by atoms with E-state index in [0.29, 0.717) is 34.2 Å². The number of fused-ring (bicyclic) bond motifs is 1. The van der Waals surface area contributed by atoms with Gasteiger partial charge in [-0.15, -0.1) is 12.4 Å². The lowest BCUT2D eigenvalue weighted by Gasteiger charge is -2.27. The molecule has 23 heavy (non-hydrogen) atoms. The molecule has 0 aromatic heterocycles. The Morgan fingerprint density at radius 3 is 2.74 bits per heavy atom. The normalized spacial score (nSPS) is 16.1. The van der Waals surface area contributed by atoms with Gasteiger partial charge in [-0.2, -0.15) is 10.3 Å². The lowest BCUT2D eigenvalue weighted by molar-refractivity contribution is -0.125. The summed E-state index contributed by atoms with van der Waals surface area (Å²) in [5, 5.41) is 19.2. The van der Waals surface area contributed by atoms with Crippen LogP contribution in [0.25, 0.3) is 0 Å². The highest BCUT2D eigenvalue weighted by molar-refractivity contribution is 5.98. The van der Waals surface area contributed by atoms with Crippen molar-refractivity contribution in [2.24, 2.45) is 5.73 Å².